The van der Waals surface area contributed by atoms with Gasteiger partial charge in [-0.05, 0) is 37.7 Å². The van der Waals surface area contributed by atoms with Gasteiger partial charge < -0.3 is 14.3 Å². The van der Waals surface area contributed by atoms with Crippen LogP contribution in [0.4, 0.5) is 0 Å². The Morgan fingerprint density at radius 1 is 1.47 bits per heavy atom. The molecule has 1 N–H and O–H groups in total. The molecule has 0 saturated carbocycles. The molecule has 1 aromatic carbocycles. The highest BCUT2D eigenvalue weighted by Gasteiger charge is 2.25. The van der Waals surface area contributed by atoms with Crippen LogP contribution in [0, 0.1) is 10.7 Å². The Labute approximate surface area is 105 Å². The fourth-order valence-electron chi connectivity index (χ4n) is 2.54. The summed E-state index contributed by atoms with van der Waals surface area (Å²) in [5, 5.41) is 0. The predicted molar refractivity (Wildman–Crippen MR) is 70.6 cm³/mol. The molecule has 2 unspecified atom stereocenters. The molecular formula is C13H16N2OS. The van der Waals surface area contributed by atoms with E-state index in [4.69, 9.17) is 17.0 Å². The summed E-state index contributed by atoms with van der Waals surface area (Å²) in [6.45, 7) is 3.97. The first-order chi connectivity index (χ1) is 8.25. The van der Waals surface area contributed by atoms with E-state index in [0.29, 0.717) is 12.0 Å². The molecule has 0 radical (unpaired) electrons. The van der Waals surface area contributed by atoms with Crippen LogP contribution < -0.4 is 0 Å². The Hall–Kier alpha value is -1.13. The van der Waals surface area contributed by atoms with E-state index in [-0.39, 0.29) is 0 Å². The van der Waals surface area contributed by atoms with Crippen LogP contribution in [0.5, 0.6) is 0 Å². The average Bonchev–Trinajstić information content (AvgIpc) is 2.85. The first-order valence-corrected chi connectivity index (χ1v) is 6.45. The van der Waals surface area contributed by atoms with E-state index < -0.39 is 0 Å². The number of aromatic amines is 1. The van der Waals surface area contributed by atoms with Crippen molar-refractivity contribution >= 4 is 23.3 Å². The number of ether oxygens (including phenoxy) is 1. The van der Waals surface area contributed by atoms with Gasteiger partial charge in [-0.15, -0.1) is 0 Å². The topological polar surface area (TPSA) is 29.9 Å². The van der Waals surface area contributed by atoms with Crippen LogP contribution >= 0.6 is 12.2 Å². The highest BCUT2D eigenvalue weighted by Crippen LogP contribution is 2.24. The van der Waals surface area contributed by atoms with E-state index in [1.54, 1.807) is 0 Å². The third-order valence-corrected chi connectivity index (χ3v) is 3.95. The Kier molecular flexibility index (Phi) is 2.76. The molecule has 1 aliphatic heterocycles. The molecular weight excluding hydrogens is 232 g/mol. The molecule has 1 aliphatic rings. The summed E-state index contributed by atoms with van der Waals surface area (Å²) in [7, 11) is 0. The molecule has 2 heterocycles. The number of fused-ring (bicyclic) bond motifs is 1. The summed E-state index contributed by atoms with van der Waals surface area (Å²) in [6.07, 6.45) is 1.47. The molecule has 0 bridgehead atoms. The van der Waals surface area contributed by atoms with Crippen molar-refractivity contribution in [2.45, 2.75) is 26.0 Å². The van der Waals surface area contributed by atoms with E-state index in [9.17, 15) is 0 Å². The molecule has 17 heavy (non-hydrogen) atoms. The average molecular weight is 248 g/mol. The lowest BCUT2D eigenvalue weighted by atomic mass is 10.0. The third kappa shape index (κ3) is 1.91. The summed E-state index contributed by atoms with van der Waals surface area (Å²) in [4.78, 5) is 3.25. The molecule has 1 fully saturated rings. The highest BCUT2D eigenvalue weighted by atomic mass is 32.1. The Balaban J connectivity index is 1.99. The van der Waals surface area contributed by atoms with Crippen LogP contribution in [0.1, 0.15) is 13.3 Å². The maximum Gasteiger partial charge on any atom is 0.178 e. The van der Waals surface area contributed by atoms with Crippen molar-refractivity contribution in [1.29, 1.82) is 0 Å². The van der Waals surface area contributed by atoms with Crippen LogP contribution in [0.25, 0.3) is 11.0 Å². The zero-order valence-electron chi connectivity index (χ0n) is 9.85. The third-order valence-electron chi connectivity index (χ3n) is 3.63. The second-order valence-electron chi connectivity index (χ2n) is 4.68. The van der Waals surface area contributed by atoms with Gasteiger partial charge in [0.2, 0.25) is 0 Å². The molecule has 3 nitrogen and oxygen atoms in total. The van der Waals surface area contributed by atoms with E-state index in [2.05, 4.69) is 34.7 Å². The molecule has 1 aromatic heterocycles. The molecule has 4 heteroatoms. The normalized spacial score (nSPS) is 24.5. The first kappa shape index (κ1) is 11.0. The number of para-hydroxylation sites is 2. The summed E-state index contributed by atoms with van der Waals surface area (Å²) >= 11 is 5.39. The molecule has 2 atom stereocenters. The van der Waals surface area contributed by atoms with Crippen molar-refractivity contribution in [3.05, 3.63) is 29.0 Å². The van der Waals surface area contributed by atoms with Gasteiger partial charge >= 0.3 is 0 Å². The Morgan fingerprint density at radius 3 is 3.06 bits per heavy atom. The largest absolute Gasteiger partial charge is 0.378 e. The lowest BCUT2D eigenvalue weighted by molar-refractivity contribution is 0.102. The van der Waals surface area contributed by atoms with Gasteiger partial charge in [0.1, 0.15) is 0 Å². The van der Waals surface area contributed by atoms with Gasteiger partial charge in [0.15, 0.2) is 4.77 Å². The van der Waals surface area contributed by atoms with Gasteiger partial charge in [0.05, 0.1) is 17.1 Å². The standard InChI is InChI=1S/C13H16N2OS/c1-9-10(6-7-16-9)8-15-12-5-3-2-4-11(12)14-13(15)17/h2-5,9-10H,6-8H2,1H3,(H,14,17). The fraction of sp³-hybridized carbons (Fsp3) is 0.462. The second-order valence-corrected chi connectivity index (χ2v) is 5.07. The van der Waals surface area contributed by atoms with Gasteiger partial charge in [-0.2, -0.15) is 0 Å². The predicted octanol–water partition coefficient (Wildman–Crippen LogP) is 3.12. The summed E-state index contributed by atoms with van der Waals surface area (Å²) in [6, 6.07) is 8.26. The molecule has 90 valence electrons. The number of H-pyrrole nitrogens is 1. The van der Waals surface area contributed by atoms with Crippen LogP contribution in [0.3, 0.4) is 0 Å². The van der Waals surface area contributed by atoms with Crippen molar-refractivity contribution in [3.63, 3.8) is 0 Å². The van der Waals surface area contributed by atoms with Gasteiger partial charge in [-0.1, -0.05) is 12.1 Å². The van der Waals surface area contributed by atoms with Crippen LogP contribution in [-0.4, -0.2) is 22.3 Å². The number of hydrogen-bond donors (Lipinski definition) is 1. The Morgan fingerprint density at radius 2 is 2.29 bits per heavy atom. The van der Waals surface area contributed by atoms with E-state index in [1.165, 1.54) is 5.52 Å². The van der Waals surface area contributed by atoms with Crippen molar-refractivity contribution in [3.8, 4) is 0 Å². The van der Waals surface area contributed by atoms with Gasteiger partial charge in [0.25, 0.3) is 0 Å². The van der Waals surface area contributed by atoms with Crippen LogP contribution in [0.15, 0.2) is 24.3 Å². The fourth-order valence-corrected chi connectivity index (χ4v) is 2.82. The van der Waals surface area contributed by atoms with Crippen molar-refractivity contribution in [2.75, 3.05) is 6.61 Å². The number of rotatable bonds is 2. The molecule has 0 spiro atoms. The minimum atomic E-state index is 0.338. The van der Waals surface area contributed by atoms with Crippen molar-refractivity contribution in [1.82, 2.24) is 9.55 Å². The van der Waals surface area contributed by atoms with E-state index >= 15 is 0 Å². The number of nitrogens with one attached hydrogen (secondary N) is 1. The van der Waals surface area contributed by atoms with Crippen molar-refractivity contribution in [2.24, 2.45) is 5.92 Å². The van der Waals surface area contributed by atoms with Crippen LogP contribution in [-0.2, 0) is 11.3 Å². The Bertz CT molecular complexity index is 586. The first-order valence-electron chi connectivity index (χ1n) is 6.05. The second kappa shape index (κ2) is 4.27. The number of aromatic nitrogens is 2. The lowest BCUT2D eigenvalue weighted by Gasteiger charge is -2.15. The van der Waals surface area contributed by atoms with Gasteiger partial charge in [-0.25, -0.2) is 0 Å². The minimum Gasteiger partial charge on any atom is -0.378 e. The maximum atomic E-state index is 5.61. The van der Waals surface area contributed by atoms with Gasteiger partial charge in [0, 0.05) is 19.1 Å². The van der Waals surface area contributed by atoms with Crippen LogP contribution in [0.2, 0.25) is 0 Å². The number of nitrogens with zero attached hydrogens (tertiary/aromatic N) is 1. The summed E-state index contributed by atoms with van der Waals surface area (Å²) in [5.41, 5.74) is 2.31. The smallest absolute Gasteiger partial charge is 0.178 e. The zero-order valence-corrected chi connectivity index (χ0v) is 10.7. The van der Waals surface area contributed by atoms with Crippen molar-refractivity contribution < 1.29 is 4.74 Å². The molecule has 1 saturated heterocycles. The summed E-state index contributed by atoms with van der Waals surface area (Å²) < 4.78 is 8.61. The lowest BCUT2D eigenvalue weighted by Crippen LogP contribution is -2.17. The number of imidazole rings is 1. The molecule has 3 rings (SSSR count). The zero-order chi connectivity index (χ0) is 11.8. The quantitative estimate of drug-likeness (QED) is 0.828. The van der Waals surface area contributed by atoms with E-state index in [1.807, 2.05) is 6.07 Å². The summed E-state index contributed by atoms with van der Waals surface area (Å²) in [5.74, 6) is 0.570. The number of benzene rings is 1. The maximum absolute atomic E-state index is 5.61. The molecule has 0 amide bonds. The molecule has 0 aliphatic carbocycles. The molecule has 2 aromatic rings. The SMILES string of the molecule is CC1OCCC1Cn1c(=S)[nH]c2ccccc21. The number of hydrogen-bond acceptors (Lipinski definition) is 2. The minimum absolute atomic E-state index is 0.338. The van der Waals surface area contributed by atoms with Gasteiger partial charge in [-0.3, -0.25) is 0 Å². The van der Waals surface area contributed by atoms with E-state index in [0.717, 1.165) is 29.9 Å². The highest BCUT2D eigenvalue weighted by molar-refractivity contribution is 7.71. The monoisotopic (exact) mass is 248 g/mol.